The monoisotopic (exact) mass is 490 g/mol. The molecule has 0 spiro atoms. The number of likely N-dealkylation sites (N-methyl/N-ethyl adjacent to an activating group) is 1. The fourth-order valence-corrected chi connectivity index (χ4v) is 5.60. The van der Waals surface area contributed by atoms with Crippen LogP contribution in [0.1, 0.15) is 12.1 Å². The number of rotatable bonds is 6. The highest BCUT2D eigenvalue weighted by Crippen LogP contribution is 2.28. The summed E-state index contributed by atoms with van der Waals surface area (Å²) in [5.41, 5.74) is 3.29. The summed E-state index contributed by atoms with van der Waals surface area (Å²) in [5, 5.41) is 8.30. The van der Waals surface area contributed by atoms with Gasteiger partial charge in [-0.3, -0.25) is 4.98 Å². The largest absolute Gasteiger partial charge is 0.415 e. The van der Waals surface area contributed by atoms with Crippen LogP contribution >= 0.6 is 0 Å². The third kappa shape index (κ3) is 4.60. The smallest absolute Gasteiger partial charge is 0.268 e. The van der Waals surface area contributed by atoms with E-state index in [1.807, 2.05) is 51.4 Å². The molecule has 0 amide bonds. The van der Waals surface area contributed by atoms with Crippen LogP contribution in [0.15, 0.2) is 70.1 Å². The van der Waals surface area contributed by atoms with Gasteiger partial charge in [0.25, 0.3) is 5.89 Å². The molecule has 1 fully saturated rings. The summed E-state index contributed by atoms with van der Waals surface area (Å²) in [6, 6.07) is 16.5. The van der Waals surface area contributed by atoms with Crippen LogP contribution < -0.4 is 0 Å². The summed E-state index contributed by atoms with van der Waals surface area (Å²) >= 11 is 0. The Hall–Kier alpha value is -3.47. The molecule has 3 heterocycles. The summed E-state index contributed by atoms with van der Waals surface area (Å²) in [6.07, 6.45) is 2.48. The van der Waals surface area contributed by atoms with Crippen LogP contribution in [0.2, 0.25) is 0 Å². The van der Waals surface area contributed by atoms with Gasteiger partial charge in [0, 0.05) is 30.3 Å². The first-order valence-corrected chi connectivity index (χ1v) is 12.8. The van der Waals surface area contributed by atoms with Crippen molar-refractivity contribution >= 4 is 10.0 Å². The van der Waals surface area contributed by atoms with E-state index in [4.69, 9.17) is 9.40 Å². The molecule has 0 bridgehead atoms. The van der Waals surface area contributed by atoms with E-state index in [1.165, 1.54) is 0 Å². The molecule has 2 aromatic heterocycles. The zero-order valence-corrected chi connectivity index (χ0v) is 20.6. The molecule has 0 radical (unpaired) electrons. The molecule has 4 aromatic rings. The second-order valence-corrected chi connectivity index (χ2v) is 10.7. The second kappa shape index (κ2) is 9.29. The van der Waals surface area contributed by atoms with Crippen LogP contribution in [0.25, 0.3) is 34.3 Å². The van der Waals surface area contributed by atoms with Crippen molar-refractivity contribution in [3.8, 4) is 34.3 Å². The van der Waals surface area contributed by atoms with Crippen molar-refractivity contribution in [2.75, 3.05) is 27.2 Å². The second-order valence-electron chi connectivity index (χ2n) is 8.76. The van der Waals surface area contributed by atoms with E-state index in [9.17, 15) is 8.42 Å². The van der Waals surface area contributed by atoms with Crippen LogP contribution in [0.5, 0.6) is 0 Å². The number of benzene rings is 2. The Labute approximate surface area is 204 Å². The molecule has 0 N–H and O–H groups in total. The topological polar surface area (TPSA) is 105 Å². The molecule has 1 saturated heterocycles. The Morgan fingerprint density at radius 2 is 1.69 bits per heavy atom. The minimum atomic E-state index is -3.55. The highest BCUT2D eigenvalue weighted by molar-refractivity contribution is 7.89. The Balaban J connectivity index is 1.40. The average Bonchev–Trinajstić information content (AvgIpc) is 3.56. The highest BCUT2D eigenvalue weighted by Gasteiger charge is 2.33. The lowest BCUT2D eigenvalue weighted by atomic mass is 10.1. The molecule has 5 rings (SSSR count). The molecule has 180 valence electrons. The average molecular weight is 491 g/mol. The number of hydrogen-bond donors (Lipinski definition) is 0. The molecule has 1 atom stereocenters. The highest BCUT2D eigenvalue weighted by atomic mass is 32.2. The molecular weight excluding hydrogens is 464 g/mol. The van der Waals surface area contributed by atoms with E-state index in [1.54, 1.807) is 34.8 Å². The third-order valence-corrected chi connectivity index (χ3v) is 8.13. The number of sulfonamides is 1. The van der Waals surface area contributed by atoms with E-state index < -0.39 is 10.0 Å². The number of aryl methyl sites for hydroxylation is 1. The number of aromatic nitrogens is 4. The van der Waals surface area contributed by atoms with Crippen molar-refractivity contribution in [2.24, 2.45) is 0 Å². The molecule has 1 aliphatic rings. The zero-order valence-electron chi connectivity index (χ0n) is 19.8. The first kappa shape index (κ1) is 23.3. The summed E-state index contributed by atoms with van der Waals surface area (Å²) in [7, 11) is 0.403. The van der Waals surface area contributed by atoms with Gasteiger partial charge in [-0.2, -0.15) is 4.31 Å². The lowest BCUT2D eigenvalue weighted by molar-refractivity contribution is 0.302. The van der Waals surface area contributed by atoms with E-state index in [-0.39, 0.29) is 16.8 Å². The fourth-order valence-electron chi connectivity index (χ4n) is 4.10. The van der Waals surface area contributed by atoms with Gasteiger partial charge in [-0.15, -0.1) is 10.2 Å². The Bertz CT molecular complexity index is 1440. The summed E-state index contributed by atoms with van der Waals surface area (Å²) in [6.45, 7) is 2.85. The molecule has 35 heavy (non-hydrogen) atoms. The SMILES string of the molecule is Cc1ncc(-c2ccc(S(=O)(=O)N3CC[C@@H](N(C)C)C3)cc2)nc1-c1nnc(-c2ccccc2)o1. The van der Waals surface area contributed by atoms with E-state index in [0.717, 1.165) is 17.5 Å². The summed E-state index contributed by atoms with van der Waals surface area (Å²) in [4.78, 5) is 11.5. The van der Waals surface area contributed by atoms with E-state index in [0.29, 0.717) is 36.1 Å². The normalized spacial score (nSPS) is 16.7. The van der Waals surface area contributed by atoms with Crippen LogP contribution in [0.4, 0.5) is 0 Å². The maximum atomic E-state index is 13.1. The van der Waals surface area contributed by atoms with Gasteiger partial charge in [0.15, 0.2) is 0 Å². The van der Waals surface area contributed by atoms with E-state index >= 15 is 0 Å². The Kier molecular flexibility index (Phi) is 6.18. The summed E-state index contributed by atoms with van der Waals surface area (Å²) in [5.74, 6) is 0.680. The maximum absolute atomic E-state index is 13.1. The van der Waals surface area contributed by atoms with Crippen molar-refractivity contribution in [1.82, 2.24) is 29.4 Å². The van der Waals surface area contributed by atoms with Crippen molar-refractivity contribution < 1.29 is 12.8 Å². The molecule has 0 unspecified atom stereocenters. The van der Waals surface area contributed by atoms with Gasteiger partial charge in [-0.1, -0.05) is 30.3 Å². The van der Waals surface area contributed by atoms with Crippen LogP contribution in [-0.2, 0) is 10.0 Å². The minimum Gasteiger partial charge on any atom is -0.415 e. The van der Waals surface area contributed by atoms with Crippen LogP contribution in [0.3, 0.4) is 0 Å². The molecular formula is C25H26N6O3S. The first-order chi connectivity index (χ1) is 16.8. The molecule has 9 nitrogen and oxygen atoms in total. The standard InChI is InChI=1S/C25H26N6O3S/c1-17-23(25-29-28-24(34-25)19-7-5-4-6-8-19)27-22(15-26-17)18-9-11-21(12-10-18)35(32,33)31-14-13-20(16-31)30(2)3/h4-12,15,20H,13-14,16H2,1-3H3/t20-/m1/s1. The molecule has 0 saturated carbocycles. The fraction of sp³-hybridized carbons (Fsp3) is 0.280. The lowest BCUT2D eigenvalue weighted by Gasteiger charge is -2.20. The van der Waals surface area contributed by atoms with E-state index in [2.05, 4.69) is 20.1 Å². The summed E-state index contributed by atoms with van der Waals surface area (Å²) < 4.78 is 33.6. The third-order valence-electron chi connectivity index (χ3n) is 6.25. The predicted octanol–water partition coefficient (Wildman–Crippen LogP) is 3.49. The van der Waals surface area contributed by atoms with Crippen molar-refractivity contribution in [3.63, 3.8) is 0 Å². The number of hydrogen-bond acceptors (Lipinski definition) is 8. The predicted molar refractivity (Wildman–Crippen MR) is 132 cm³/mol. The van der Waals surface area contributed by atoms with Gasteiger partial charge in [0.05, 0.1) is 22.5 Å². The van der Waals surface area contributed by atoms with Crippen molar-refractivity contribution in [2.45, 2.75) is 24.3 Å². The quantitative estimate of drug-likeness (QED) is 0.404. The van der Waals surface area contributed by atoms with Gasteiger partial charge in [0.2, 0.25) is 15.9 Å². The molecule has 2 aromatic carbocycles. The van der Waals surface area contributed by atoms with Gasteiger partial charge in [0.1, 0.15) is 5.69 Å². The van der Waals surface area contributed by atoms with Gasteiger partial charge >= 0.3 is 0 Å². The molecule has 1 aliphatic heterocycles. The van der Waals surface area contributed by atoms with Crippen LogP contribution in [-0.4, -0.2) is 71.0 Å². The molecule has 0 aliphatic carbocycles. The van der Waals surface area contributed by atoms with Gasteiger partial charge in [-0.05, 0) is 51.7 Å². The van der Waals surface area contributed by atoms with Crippen molar-refractivity contribution in [1.29, 1.82) is 0 Å². The molecule has 10 heteroatoms. The van der Waals surface area contributed by atoms with Crippen molar-refractivity contribution in [3.05, 3.63) is 66.5 Å². The minimum absolute atomic E-state index is 0.234. The zero-order chi connectivity index (χ0) is 24.6. The Morgan fingerprint density at radius 1 is 0.971 bits per heavy atom. The van der Waals surface area contributed by atoms with Crippen LogP contribution in [0, 0.1) is 6.92 Å². The lowest BCUT2D eigenvalue weighted by Crippen LogP contribution is -2.34. The number of nitrogens with zero attached hydrogens (tertiary/aromatic N) is 6. The van der Waals surface area contributed by atoms with Gasteiger partial charge in [-0.25, -0.2) is 13.4 Å². The Morgan fingerprint density at radius 3 is 2.37 bits per heavy atom. The van der Waals surface area contributed by atoms with Gasteiger partial charge < -0.3 is 9.32 Å². The first-order valence-electron chi connectivity index (χ1n) is 11.3. The maximum Gasteiger partial charge on any atom is 0.268 e.